The van der Waals surface area contributed by atoms with Gasteiger partial charge in [0.25, 0.3) is 0 Å². The van der Waals surface area contributed by atoms with E-state index in [-0.39, 0.29) is 12.5 Å². The molecule has 0 fully saturated rings. The first-order valence-electron chi connectivity index (χ1n) is 8.77. The van der Waals surface area contributed by atoms with Crippen molar-refractivity contribution in [3.05, 3.63) is 0 Å². The van der Waals surface area contributed by atoms with Crippen LogP contribution in [0.4, 0.5) is 0 Å². The van der Waals surface area contributed by atoms with E-state index in [0.29, 0.717) is 13.1 Å². The third-order valence-electron chi connectivity index (χ3n) is 3.57. The highest BCUT2D eigenvalue weighted by molar-refractivity contribution is 5.77. The molecule has 142 valence electrons. The lowest BCUT2D eigenvalue weighted by Gasteiger charge is -2.37. The summed E-state index contributed by atoms with van der Waals surface area (Å²) in [7, 11) is 0. The van der Waals surface area contributed by atoms with Crippen molar-refractivity contribution in [2.45, 2.75) is 78.9 Å². The van der Waals surface area contributed by atoms with Crippen molar-refractivity contribution < 1.29 is 19.4 Å². The molecule has 0 aromatic carbocycles. The predicted molar refractivity (Wildman–Crippen MR) is 95.8 cm³/mol. The van der Waals surface area contributed by atoms with E-state index >= 15 is 0 Å². The van der Waals surface area contributed by atoms with E-state index in [9.17, 15) is 14.7 Å². The second-order valence-electron chi connectivity index (χ2n) is 8.37. The van der Waals surface area contributed by atoms with Gasteiger partial charge in [0.15, 0.2) is 0 Å². The van der Waals surface area contributed by atoms with Gasteiger partial charge in [-0.15, -0.1) is 0 Å². The average Bonchev–Trinajstić information content (AvgIpc) is 2.33. The molecule has 0 aliphatic heterocycles. The lowest BCUT2D eigenvalue weighted by Crippen LogP contribution is -2.52. The van der Waals surface area contributed by atoms with Gasteiger partial charge in [0.05, 0.1) is 6.54 Å². The Hall–Kier alpha value is -1.14. The van der Waals surface area contributed by atoms with Gasteiger partial charge in [0.1, 0.15) is 11.6 Å². The van der Waals surface area contributed by atoms with Crippen molar-refractivity contribution in [3.8, 4) is 0 Å². The maximum atomic E-state index is 12.2. The molecular weight excluding hydrogens is 308 g/mol. The number of nitrogens with two attached hydrogens (primary N) is 1. The number of hydrogen-bond donors (Lipinski definition) is 2. The van der Waals surface area contributed by atoms with Gasteiger partial charge in [0, 0.05) is 0 Å². The molecule has 0 aromatic heterocycles. The van der Waals surface area contributed by atoms with Gasteiger partial charge in [-0.25, -0.2) is 0 Å². The van der Waals surface area contributed by atoms with Gasteiger partial charge < -0.3 is 15.6 Å². The van der Waals surface area contributed by atoms with Crippen molar-refractivity contribution in [1.82, 2.24) is 4.90 Å². The monoisotopic (exact) mass is 344 g/mol. The third-order valence-corrected chi connectivity index (χ3v) is 3.57. The minimum absolute atomic E-state index is 0.0115. The molecule has 0 aromatic rings. The molecule has 0 aliphatic rings. The van der Waals surface area contributed by atoms with E-state index in [4.69, 9.17) is 10.5 Å². The number of rotatable bonds is 10. The quantitative estimate of drug-likeness (QED) is 0.467. The number of ether oxygens (including phenoxy) is 1. The number of unbranched alkanes of at least 4 members (excludes halogenated alkanes) is 3. The summed E-state index contributed by atoms with van der Waals surface area (Å²) in [6.45, 7) is 12.3. The molecule has 3 N–H and O–H groups in total. The van der Waals surface area contributed by atoms with Crippen LogP contribution in [0.5, 0.6) is 0 Å². The number of carbonyl (C=O) groups is 2. The Morgan fingerprint density at radius 1 is 1.04 bits per heavy atom. The Morgan fingerprint density at radius 2 is 1.58 bits per heavy atom. The standard InChI is InChI=1S/C18H36N2O4/c1-17(2,3)15(16(22)23)20(12-10-8-7-9-11-19)13-14(21)24-18(4,5)6/h15H,7-13,19H2,1-6H3,(H,22,23). The van der Waals surface area contributed by atoms with Crippen LogP contribution in [0.1, 0.15) is 67.2 Å². The number of nitrogens with zero attached hydrogens (tertiary/aromatic N) is 1. The van der Waals surface area contributed by atoms with Crippen LogP contribution in [0.3, 0.4) is 0 Å². The predicted octanol–water partition coefficient (Wildman–Crippen LogP) is 2.65. The number of hydrogen-bond acceptors (Lipinski definition) is 5. The highest BCUT2D eigenvalue weighted by Crippen LogP contribution is 2.25. The van der Waals surface area contributed by atoms with E-state index in [1.807, 2.05) is 20.8 Å². The van der Waals surface area contributed by atoms with E-state index in [0.717, 1.165) is 25.7 Å². The summed E-state index contributed by atoms with van der Waals surface area (Å²) in [5, 5.41) is 9.66. The lowest BCUT2D eigenvalue weighted by molar-refractivity contribution is -0.160. The Bertz CT molecular complexity index is 397. The minimum atomic E-state index is -0.909. The first-order chi connectivity index (χ1) is 10.9. The lowest BCUT2D eigenvalue weighted by atomic mass is 9.85. The van der Waals surface area contributed by atoms with E-state index < -0.39 is 23.0 Å². The first-order valence-corrected chi connectivity index (χ1v) is 8.77. The van der Waals surface area contributed by atoms with Crippen LogP contribution >= 0.6 is 0 Å². The number of aliphatic carboxylic acids is 1. The zero-order chi connectivity index (χ0) is 19.0. The summed E-state index contributed by atoms with van der Waals surface area (Å²) in [4.78, 5) is 25.7. The molecule has 0 saturated heterocycles. The maximum absolute atomic E-state index is 12.2. The van der Waals surface area contributed by atoms with Gasteiger partial charge in [-0.2, -0.15) is 0 Å². The van der Waals surface area contributed by atoms with Crippen LogP contribution in [-0.2, 0) is 14.3 Å². The number of carbonyl (C=O) groups excluding carboxylic acids is 1. The van der Waals surface area contributed by atoms with Crippen LogP contribution in [0.2, 0.25) is 0 Å². The molecule has 1 unspecified atom stereocenters. The van der Waals surface area contributed by atoms with E-state index in [2.05, 4.69) is 0 Å². The molecule has 0 rings (SSSR count). The highest BCUT2D eigenvalue weighted by atomic mass is 16.6. The van der Waals surface area contributed by atoms with Crippen LogP contribution in [-0.4, -0.2) is 53.2 Å². The molecule has 0 aliphatic carbocycles. The summed E-state index contributed by atoms with van der Waals surface area (Å²) < 4.78 is 5.37. The van der Waals surface area contributed by atoms with Gasteiger partial charge >= 0.3 is 11.9 Å². The highest BCUT2D eigenvalue weighted by Gasteiger charge is 2.37. The van der Waals surface area contributed by atoms with Crippen molar-refractivity contribution in [2.24, 2.45) is 11.1 Å². The van der Waals surface area contributed by atoms with Gasteiger partial charge in [-0.05, 0) is 52.1 Å². The SMILES string of the molecule is CC(C)(C)OC(=O)CN(CCCCCCN)C(C(=O)O)C(C)(C)C. The summed E-state index contributed by atoms with van der Waals surface area (Å²) in [5.74, 6) is -1.30. The number of carboxylic acids is 1. The fraction of sp³-hybridized carbons (Fsp3) is 0.889. The molecule has 0 radical (unpaired) electrons. The average molecular weight is 344 g/mol. The number of esters is 1. The molecule has 6 nitrogen and oxygen atoms in total. The van der Waals surface area contributed by atoms with Crippen molar-refractivity contribution >= 4 is 11.9 Å². The second-order valence-corrected chi connectivity index (χ2v) is 8.37. The summed E-state index contributed by atoms with van der Waals surface area (Å²) in [6, 6.07) is -0.737. The third kappa shape index (κ3) is 9.88. The van der Waals surface area contributed by atoms with Gasteiger partial charge in [-0.1, -0.05) is 33.6 Å². The normalized spacial score (nSPS) is 13.8. The van der Waals surface area contributed by atoms with E-state index in [1.165, 1.54) is 0 Å². The van der Waals surface area contributed by atoms with Crippen molar-refractivity contribution in [1.29, 1.82) is 0 Å². The smallest absolute Gasteiger partial charge is 0.321 e. The molecule has 0 saturated carbocycles. The van der Waals surface area contributed by atoms with Crippen LogP contribution in [0.25, 0.3) is 0 Å². The minimum Gasteiger partial charge on any atom is -0.480 e. The zero-order valence-corrected chi connectivity index (χ0v) is 16.2. The van der Waals surface area contributed by atoms with Crippen LogP contribution < -0.4 is 5.73 Å². The molecular formula is C18H36N2O4. The fourth-order valence-corrected chi connectivity index (χ4v) is 2.73. The Balaban J connectivity index is 4.99. The number of carboxylic acid groups (broad SMARTS) is 1. The fourth-order valence-electron chi connectivity index (χ4n) is 2.73. The van der Waals surface area contributed by atoms with Crippen molar-refractivity contribution in [2.75, 3.05) is 19.6 Å². The molecule has 0 spiro atoms. The zero-order valence-electron chi connectivity index (χ0n) is 16.2. The largest absolute Gasteiger partial charge is 0.480 e. The molecule has 0 amide bonds. The topological polar surface area (TPSA) is 92.9 Å². The van der Waals surface area contributed by atoms with Crippen molar-refractivity contribution in [3.63, 3.8) is 0 Å². The molecule has 1 atom stereocenters. The Labute approximate surface area is 146 Å². The van der Waals surface area contributed by atoms with Crippen LogP contribution in [0.15, 0.2) is 0 Å². The molecule has 6 heteroatoms. The van der Waals surface area contributed by atoms with E-state index in [1.54, 1.807) is 25.7 Å². The Morgan fingerprint density at radius 3 is 2.00 bits per heavy atom. The first kappa shape index (κ1) is 22.9. The van der Waals surface area contributed by atoms with Crippen LogP contribution in [0, 0.1) is 5.41 Å². The summed E-state index contributed by atoms with van der Waals surface area (Å²) >= 11 is 0. The van der Waals surface area contributed by atoms with Gasteiger partial charge in [-0.3, -0.25) is 14.5 Å². The maximum Gasteiger partial charge on any atom is 0.321 e. The summed E-state index contributed by atoms with van der Waals surface area (Å²) in [6.07, 6.45) is 3.79. The molecule has 0 bridgehead atoms. The summed E-state index contributed by atoms with van der Waals surface area (Å²) in [5.41, 5.74) is 4.43. The van der Waals surface area contributed by atoms with Gasteiger partial charge in [0.2, 0.25) is 0 Å². The molecule has 24 heavy (non-hydrogen) atoms. The second kappa shape index (κ2) is 9.99. The molecule has 0 heterocycles. The Kier molecular flexibility index (Phi) is 9.51.